The first kappa shape index (κ1) is 14.3. The molecule has 0 spiro atoms. The highest BCUT2D eigenvalue weighted by molar-refractivity contribution is 5.85. The van der Waals surface area contributed by atoms with Gasteiger partial charge in [-0.2, -0.15) is 0 Å². The maximum atomic E-state index is 10.9. The summed E-state index contributed by atoms with van der Waals surface area (Å²) in [5.74, 6) is 0.400. The fourth-order valence-electron chi connectivity index (χ4n) is 1.37. The highest BCUT2D eigenvalue weighted by Crippen LogP contribution is 2.37. The lowest BCUT2D eigenvalue weighted by Crippen LogP contribution is -2.05. The first-order valence-corrected chi connectivity index (χ1v) is 5.20. The molecule has 6 heteroatoms. The zero-order chi connectivity index (χ0) is 13.5. The third-order valence-electron chi connectivity index (χ3n) is 2.29. The summed E-state index contributed by atoms with van der Waals surface area (Å²) in [7, 11) is 2.94. The molecule has 18 heavy (non-hydrogen) atoms. The normalized spacial score (nSPS) is 10.2. The zero-order valence-corrected chi connectivity index (χ0v) is 10.6. The molecule has 0 amide bonds. The van der Waals surface area contributed by atoms with Crippen LogP contribution in [-0.2, 0) is 9.47 Å². The van der Waals surface area contributed by atoms with Crippen LogP contribution in [0.5, 0.6) is 17.2 Å². The van der Waals surface area contributed by atoms with Crippen LogP contribution >= 0.6 is 0 Å². The highest BCUT2D eigenvalue weighted by Gasteiger charge is 2.16. The summed E-state index contributed by atoms with van der Waals surface area (Å²) in [4.78, 5) is 10.9. The number of carbonyl (C=O) groups is 1. The smallest absolute Gasteiger partial charge is 0.188 e. The van der Waals surface area contributed by atoms with Crippen LogP contribution in [0.25, 0.3) is 0 Å². The van der Waals surface area contributed by atoms with E-state index in [4.69, 9.17) is 18.9 Å². The summed E-state index contributed by atoms with van der Waals surface area (Å²) in [6, 6.07) is 1.51. The monoisotopic (exact) mass is 256 g/mol. The Balaban J connectivity index is 3.13. The maximum absolute atomic E-state index is 10.9. The molecular weight excluding hydrogens is 240 g/mol. The van der Waals surface area contributed by atoms with Crippen molar-refractivity contribution in [1.82, 2.24) is 0 Å². The lowest BCUT2D eigenvalue weighted by Gasteiger charge is -2.14. The Morgan fingerprint density at radius 2 is 1.72 bits per heavy atom. The molecule has 0 bridgehead atoms. The molecule has 1 N–H and O–H groups in total. The van der Waals surface area contributed by atoms with Crippen molar-refractivity contribution in [2.45, 2.75) is 6.92 Å². The molecule has 1 aromatic carbocycles. The summed E-state index contributed by atoms with van der Waals surface area (Å²) in [5.41, 5.74) is 0.508. The molecule has 0 aliphatic carbocycles. The van der Waals surface area contributed by atoms with E-state index in [9.17, 15) is 9.90 Å². The molecule has 0 aliphatic rings. The number of aldehydes is 1. The second-order valence-corrected chi connectivity index (χ2v) is 3.48. The predicted octanol–water partition coefficient (Wildman–Crippen LogP) is 1.48. The lowest BCUT2D eigenvalue weighted by molar-refractivity contribution is 0.0451. The topological polar surface area (TPSA) is 74.2 Å². The van der Waals surface area contributed by atoms with Gasteiger partial charge in [-0.3, -0.25) is 4.79 Å². The van der Waals surface area contributed by atoms with Crippen molar-refractivity contribution in [2.75, 3.05) is 27.8 Å². The minimum Gasteiger partial charge on any atom is -0.507 e. The quantitative estimate of drug-likeness (QED) is 0.588. The molecule has 0 saturated heterocycles. The predicted molar refractivity (Wildman–Crippen MR) is 63.2 cm³/mol. The number of carbonyl (C=O) groups excluding carboxylic acids is 1. The van der Waals surface area contributed by atoms with E-state index in [-0.39, 0.29) is 30.6 Å². The molecule has 1 rings (SSSR count). The number of benzene rings is 1. The Morgan fingerprint density at radius 1 is 1.17 bits per heavy atom. The van der Waals surface area contributed by atoms with Crippen molar-refractivity contribution in [3.8, 4) is 17.2 Å². The third-order valence-corrected chi connectivity index (χ3v) is 2.29. The summed E-state index contributed by atoms with van der Waals surface area (Å²) in [6.07, 6.45) is 0.521. The molecule has 6 nitrogen and oxygen atoms in total. The van der Waals surface area contributed by atoms with E-state index in [1.807, 2.05) is 0 Å². The number of methoxy groups -OCH3 is 2. The van der Waals surface area contributed by atoms with Gasteiger partial charge in [-0.1, -0.05) is 0 Å². The highest BCUT2D eigenvalue weighted by atomic mass is 16.7. The zero-order valence-electron chi connectivity index (χ0n) is 10.6. The molecule has 0 saturated carbocycles. The minimum absolute atomic E-state index is 0.0322. The molecular formula is C12H16O6. The van der Waals surface area contributed by atoms with Crippen LogP contribution in [0.1, 0.15) is 15.9 Å². The van der Waals surface area contributed by atoms with Crippen LogP contribution in [0.4, 0.5) is 0 Å². The van der Waals surface area contributed by atoms with Gasteiger partial charge < -0.3 is 24.1 Å². The molecule has 0 radical (unpaired) electrons. The number of ether oxygens (including phenoxy) is 4. The van der Waals surface area contributed by atoms with Crippen molar-refractivity contribution in [2.24, 2.45) is 0 Å². The molecule has 0 fully saturated rings. The SMILES string of the molecule is COCOc1cc(OCOC)c(C=O)c(O)c1C. The van der Waals surface area contributed by atoms with Crippen LogP contribution in [0.3, 0.4) is 0 Å². The van der Waals surface area contributed by atoms with Gasteiger partial charge in [0.05, 0.1) is 5.56 Å². The first-order chi connectivity index (χ1) is 8.65. The Morgan fingerprint density at radius 3 is 2.22 bits per heavy atom. The molecule has 0 heterocycles. The van der Waals surface area contributed by atoms with Gasteiger partial charge in [-0.25, -0.2) is 0 Å². The van der Waals surface area contributed by atoms with Crippen LogP contribution < -0.4 is 9.47 Å². The van der Waals surface area contributed by atoms with Gasteiger partial charge in [0.15, 0.2) is 19.9 Å². The Hall–Kier alpha value is -1.79. The maximum Gasteiger partial charge on any atom is 0.188 e. The molecule has 100 valence electrons. The summed E-state index contributed by atoms with van der Waals surface area (Å²) >= 11 is 0. The minimum atomic E-state index is -0.176. The van der Waals surface area contributed by atoms with Crippen molar-refractivity contribution in [3.05, 3.63) is 17.2 Å². The summed E-state index contributed by atoms with van der Waals surface area (Å²) in [5, 5.41) is 9.89. The van der Waals surface area contributed by atoms with Gasteiger partial charge in [0.2, 0.25) is 0 Å². The fraction of sp³-hybridized carbons (Fsp3) is 0.417. The van der Waals surface area contributed by atoms with Gasteiger partial charge in [-0.15, -0.1) is 0 Å². The van der Waals surface area contributed by atoms with Crippen LogP contribution in [0.15, 0.2) is 6.07 Å². The molecule has 1 aromatic rings. The summed E-state index contributed by atoms with van der Waals surface area (Å²) in [6.45, 7) is 1.63. The second kappa shape index (κ2) is 6.83. The van der Waals surface area contributed by atoms with Crippen molar-refractivity contribution in [3.63, 3.8) is 0 Å². The molecule has 0 atom stereocenters. The fourth-order valence-corrected chi connectivity index (χ4v) is 1.37. The van der Waals surface area contributed by atoms with E-state index in [1.54, 1.807) is 6.92 Å². The van der Waals surface area contributed by atoms with Gasteiger partial charge >= 0.3 is 0 Å². The van der Waals surface area contributed by atoms with Crippen LogP contribution in [-0.4, -0.2) is 39.2 Å². The van der Waals surface area contributed by atoms with Crippen LogP contribution in [0.2, 0.25) is 0 Å². The summed E-state index contributed by atoms with van der Waals surface area (Å²) < 4.78 is 20.0. The van der Waals surface area contributed by atoms with E-state index in [0.29, 0.717) is 17.6 Å². The number of rotatable bonds is 7. The van der Waals surface area contributed by atoms with E-state index in [1.165, 1.54) is 20.3 Å². The number of aromatic hydroxyl groups is 1. The van der Waals surface area contributed by atoms with Gasteiger partial charge in [0, 0.05) is 25.8 Å². The number of phenolic OH excluding ortho intramolecular Hbond substituents is 1. The van der Waals surface area contributed by atoms with E-state index in [0.717, 1.165) is 0 Å². The van der Waals surface area contributed by atoms with Crippen LogP contribution in [0, 0.1) is 6.92 Å². The molecule has 0 aliphatic heterocycles. The lowest BCUT2D eigenvalue weighted by atomic mass is 10.1. The molecule has 0 unspecified atom stereocenters. The van der Waals surface area contributed by atoms with E-state index < -0.39 is 0 Å². The van der Waals surface area contributed by atoms with E-state index >= 15 is 0 Å². The van der Waals surface area contributed by atoms with Crippen molar-refractivity contribution >= 4 is 6.29 Å². The Bertz CT molecular complexity index is 416. The number of hydrogen-bond donors (Lipinski definition) is 1. The van der Waals surface area contributed by atoms with Crippen molar-refractivity contribution < 1.29 is 28.8 Å². The van der Waals surface area contributed by atoms with E-state index in [2.05, 4.69) is 0 Å². The first-order valence-electron chi connectivity index (χ1n) is 5.20. The van der Waals surface area contributed by atoms with Gasteiger partial charge in [-0.05, 0) is 6.92 Å². The number of phenols is 1. The van der Waals surface area contributed by atoms with Gasteiger partial charge in [0.1, 0.15) is 17.2 Å². The Labute approximate surface area is 105 Å². The van der Waals surface area contributed by atoms with Gasteiger partial charge in [0.25, 0.3) is 0 Å². The molecule has 0 aromatic heterocycles. The number of hydrogen-bond acceptors (Lipinski definition) is 6. The Kier molecular flexibility index (Phi) is 5.41. The third kappa shape index (κ3) is 3.12. The standard InChI is InChI=1S/C12H16O6/c1-8-10(17-6-15-2)4-11(18-7-16-3)9(5-13)12(8)14/h4-5,14H,6-7H2,1-3H3. The average Bonchev–Trinajstić information content (AvgIpc) is 2.38. The largest absolute Gasteiger partial charge is 0.507 e. The van der Waals surface area contributed by atoms with Crippen molar-refractivity contribution in [1.29, 1.82) is 0 Å². The second-order valence-electron chi connectivity index (χ2n) is 3.48. The average molecular weight is 256 g/mol.